The Hall–Kier alpha value is -1.15. The first-order valence-electron chi connectivity index (χ1n) is 6.66. The van der Waals surface area contributed by atoms with Gasteiger partial charge in [0.15, 0.2) is 17.5 Å². The van der Waals surface area contributed by atoms with Crippen LogP contribution in [0.25, 0.3) is 0 Å². The predicted molar refractivity (Wildman–Crippen MR) is 71.3 cm³/mol. The van der Waals surface area contributed by atoms with E-state index in [0.717, 1.165) is 12.1 Å². The quantitative estimate of drug-likeness (QED) is 0.837. The summed E-state index contributed by atoms with van der Waals surface area (Å²) in [6, 6.07) is 1.54. The van der Waals surface area contributed by atoms with Crippen LogP contribution in [0.5, 0.6) is 0 Å². The Morgan fingerprint density at radius 3 is 2.00 bits per heavy atom. The van der Waals surface area contributed by atoms with Crippen LogP contribution in [-0.4, -0.2) is 51.0 Å². The van der Waals surface area contributed by atoms with Gasteiger partial charge < -0.3 is 15.2 Å². The molecule has 1 aliphatic heterocycles. The Morgan fingerprint density at radius 2 is 1.62 bits per heavy atom. The maximum atomic E-state index is 13.4. The van der Waals surface area contributed by atoms with Crippen molar-refractivity contribution in [2.75, 3.05) is 33.9 Å². The molecule has 0 saturated carbocycles. The van der Waals surface area contributed by atoms with Crippen molar-refractivity contribution in [3.8, 4) is 0 Å². The van der Waals surface area contributed by atoms with E-state index in [1.807, 2.05) is 4.90 Å². The van der Waals surface area contributed by atoms with Gasteiger partial charge in [0, 0.05) is 39.9 Å². The highest BCUT2D eigenvalue weighted by Crippen LogP contribution is 2.28. The van der Waals surface area contributed by atoms with Gasteiger partial charge in [-0.05, 0) is 17.7 Å². The standard InChI is InChI=1S/C14H19F3N2O2/c1-20-12-6-19(7-13(12)21-2)11(5-18)8-3-9(15)14(17)10(16)4-8/h3-4,11-13H,5-7,18H2,1-2H3. The summed E-state index contributed by atoms with van der Waals surface area (Å²) >= 11 is 0. The van der Waals surface area contributed by atoms with Crippen molar-refractivity contribution < 1.29 is 22.6 Å². The molecule has 0 amide bonds. The first-order chi connectivity index (χ1) is 10.0. The number of benzene rings is 1. The third kappa shape index (κ3) is 3.21. The van der Waals surface area contributed by atoms with Crippen molar-refractivity contribution in [3.05, 3.63) is 35.1 Å². The van der Waals surface area contributed by atoms with Gasteiger partial charge in [0.05, 0.1) is 12.2 Å². The second kappa shape index (κ2) is 6.74. The van der Waals surface area contributed by atoms with E-state index in [-0.39, 0.29) is 18.8 Å². The molecule has 0 aromatic heterocycles. The van der Waals surface area contributed by atoms with E-state index in [9.17, 15) is 13.2 Å². The van der Waals surface area contributed by atoms with Crippen LogP contribution in [0.3, 0.4) is 0 Å². The molecular formula is C14H19F3N2O2. The summed E-state index contributed by atoms with van der Waals surface area (Å²) in [6.07, 6.45) is -0.279. The van der Waals surface area contributed by atoms with Gasteiger partial charge in [-0.25, -0.2) is 13.2 Å². The molecule has 0 aliphatic carbocycles. The molecule has 1 fully saturated rings. The van der Waals surface area contributed by atoms with E-state index in [4.69, 9.17) is 15.2 Å². The normalized spacial score (nSPS) is 24.5. The van der Waals surface area contributed by atoms with Gasteiger partial charge in [-0.1, -0.05) is 0 Å². The van der Waals surface area contributed by atoms with Crippen LogP contribution in [0, 0.1) is 17.5 Å². The van der Waals surface area contributed by atoms with Gasteiger partial charge in [-0.2, -0.15) is 0 Å². The number of methoxy groups -OCH3 is 2. The summed E-state index contributed by atoms with van der Waals surface area (Å²) in [5.41, 5.74) is 6.04. The van der Waals surface area contributed by atoms with Crippen molar-refractivity contribution in [2.24, 2.45) is 5.73 Å². The number of nitrogens with zero attached hydrogens (tertiary/aromatic N) is 1. The Labute approximate surface area is 121 Å². The van der Waals surface area contributed by atoms with Gasteiger partial charge in [-0.3, -0.25) is 4.90 Å². The zero-order valence-corrected chi connectivity index (χ0v) is 12.0. The molecule has 0 spiro atoms. The summed E-state index contributed by atoms with van der Waals surface area (Å²) in [7, 11) is 3.16. The van der Waals surface area contributed by atoms with E-state index in [2.05, 4.69) is 0 Å². The van der Waals surface area contributed by atoms with Gasteiger partial charge in [0.2, 0.25) is 0 Å². The molecule has 3 unspecified atom stereocenters. The smallest absolute Gasteiger partial charge is 0.194 e. The SMILES string of the molecule is COC1CN(C(CN)c2cc(F)c(F)c(F)c2)CC1OC. The number of ether oxygens (including phenoxy) is 2. The fraction of sp³-hybridized carbons (Fsp3) is 0.571. The van der Waals surface area contributed by atoms with E-state index in [0.29, 0.717) is 18.7 Å². The minimum atomic E-state index is -1.47. The number of nitrogens with two attached hydrogens (primary N) is 1. The number of likely N-dealkylation sites (tertiary alicyclic amines) is 1. The second-order valence-corrected chi connectivity index (χ2v) is 5.05. The molecule has 2 N–H and O–H groups in total. The summed E-state index contributed by atoms with van der Waals surface area (Å²) in [6.45, 7) is 1.20. The van der Waals surface area contributed by atoms with Crippen molar-refractivity contribution in [1.82, 2.24) is 4.90 Å². The zero-order valence-electron chi connectivity index (χ0n) is 12.0. The van der Waals surface area contributed by atoms with Crippen molar-refractivity contribution >= 4 is 0 Å². The molecule has 1 heterocycles. The van der Waals surface area contributed by atoms with Crippen LogP contribution in [0.2, 0.25) is 0 Å². The highest BCUT2D eigenvalue weighted by molar-refractivity contribution is 5.23. The average molecular weight is 304 g/mol. The van der Waals surface area contributed by atoms with E-state index in [1.54, 1.807) is 14.2 Å². The van der Waals surface area contributed by atoms with Crippen LogP contribution in [0.1, 0.15) is 11.6 Å². The topological polar surface area (TPSA) is 47.7 Å². The lowest BCUT2D eigenvalue weighted by Crippen LogP contribution is -2.33. The zero-order chi connectivity index (χ0) is 15.6. The lowest BCUT2D eigenvalue weighted by molar-refractivity contribution is -0.00461. The van der Waals surface area contributed by atoms with Crippen LogP contribution >= 0.6 is 0 Å². The number of hydrogen-bond acceptors (Lipinski definition) is 4. The van der Waals surface area contributed by atoms with Crippen molar-refractivity contribution in [1.29, 1.82) is 0 Å². The predicted octanol–water partition coefficient (Wildman–Crippen LogP) is 1.45. The largest absolute Gasteiger partial charge is 0.377 e. The fourth-order valence-electron chi connectivity index (χ4n) is 2.74. The minimum absolute atomic E-state index is 0.140. The summed E-state index contributed by atoms with van der Waals surface area (Å²) in [5.74, 6) is -3.90. The summed E-state index contributed by atoms with van der Waals surface area (Å²) < 4.78 is 50.5. The number of halogens is 3. The highest BCUT2D eigenvalue weighted by atomic mass is 19.2. The molecule has 1 saturated heterocycles. The Kier molecular flexibility index (Phi) is 5.21. The molecule has 4 nitrogen and oxygen atoms in total. The second-order valence-electron chi connectivity index (χ2n) is 5.05. The third-order valence-electron chi connectivity index (χ3n) is 3.90. The average Bonchev–Trinajstić information content (AvgIpc) is 2.88. The molecule has 1 aromatic rings. The first-order valence-corrected chi connectivity index (χ1v) is 6.66. The maximum absolute atomic E-state index is 13.4. The van der Waals surface area contributed by atoms with Crippen LogP contribution in [0.15, 0.2) is 12.1 Å². The van der Waals surface area contributed by atoms with E-state index >= 15 is 0 Å². The molecule has 7 heteroatoms. The van der Waals surface area contributed by atoms with Crippen LogP contribution in [-0.2, 0) is 9.47 Å². The lowest BCUT2D eigenvalue weighted by Gasteiger charge is -2.27. The molecular weight excluding hydrogens is 285 g/mol. The van der Waals surface area contributed by atoms with Crippen LogP contribution < -0.4 is 5.73 Å². The molecule has 3 atom stereocenters. The summed E-state index contributed by atoms with van der Waals surface area (Å²) in [5, 5.41) is 0. The summed E-state index contributed by atoms with van der Waals surface area (Å²) in [4.78, 5) is 1.93. The third-order valence-corrected chi connectivity index (χ3v) is 3.90. The van der Waals surface area contributed by atoms with Gasteiger partial charge in [-0.15, -0.1) is 0 Å². The molecule has 2 rings (SSSR count). The Morgan fingerprint density at radius 1 is 1.14 bits per heavy atom. The molecule has 1 aliphatic rings. The van der Waals surface area contributed by atoms with Gasteiger partial charge >= 0.3 is 0 Å². The van der Waals surface area contributed by atoms with Gasteiger partial charge in [0.1, 0.15) is 0 Å². The van der Waals surface area contributed by atoms with Gasteiger partial charge in [0.25, 0.3) is 0 Å². The highest BCUT2D eigenvalue weighted by Gasteiger charge is 2.37. The van der Waals surface area contributed by atoms with E-state index < -0.39 is 23.5 Å². The van der Waals surface area contributed by atoms with Crippen molar-refractivity contribution in [3.63, 3.8) is 0 Å². The Balaban J connectivity index is 2.24. The monoisotopic (exact) mass is 304 g/mol. The lowest BCUT2D eigenvalue weighted by atomic mass is 10.0. The maximum Gasteiger partial charge on any atom is 0.194 e. The van der Waals surface area contributed by atoms with Crippen molar-refractivity contribution in [2.45, 2.75) is 18.2 Å². The molecule has 21 heavy (non-hydrogen) atoms. The molecule has 1 aromatic carbocycles. The number of rotatable bonds is 5. The molecule has 118 valence electrons. The minimum Gasteiger partial charge on any atom is -0.377 e. The first kappa shape index (κ1) is 16.2. The van der Waals surface area contributed by atoms with E-state index in [1.165, 1.54) is 0 Å². The molecule has 0 bridgehead atoms. The molecule has 0 radical (unpaired) electrons. The Bertz CT molecular complexity index is 466. The van der Waals surface area contributed by atoms with Crippen LogP contribution in [0.4, 0.5) is 13.2 Å². The number of hydrogen-bond donors (Lipinski definition) is 1. The fourth-order valence-corrected chi connectivity index (χ4v) is 2.74.